The SMILES string of the molecule is CN1C[C@@H]2CN(c3cc(Nc4ccccc4)ncn3)C[C@@H]2C1. The van der Waals surface area contributed by atoms with E-state index >= 15 is 0 Å². The van der Waals surface area contributed by atoms with Crippen LogP contribution in [0.2, 0.25) is 0 Å². The second-order valence-electron chi connectivity index (χ2n) is 6.40. The topological polar surface area (TPSA) is 44.3 Å². The molecule has 2 aliphatic heterocycles. The fourth-order valence-corrected chi connectivity index (χ4v) is 3.67. The third-order valence-corrected chi connectivity index (χ3v) is 4.69. The molecular formula is C17H21N5. The molecule has 2 saturated heterocycles. The summed E-state index contributed by atoms with van der Waals surface area (Å²) in [6.45, 7) is 4.64. The lowest BCUT2D eigenvalue weighted by molar-refractivity contribution is 0.387. The van der Waals surface area contributed by atoms with Gasteiger partial charge in [0.2, 0.25) is 0 Å². The number of rotatable bonds is 3. The number of benzene rings is 1. The summed E-state index contributed by atoms with van der Waals surface area (Å²) in [5, 5.41) is 3.34. The van der Waals surface area contributed by atoms with Crippen LogP contribution in [0.4, 0.5) is 17.3 Å². The van der Waals surface area contributed by atoms with Crippen LogP contribution in [0.25, 0.3) is 0 Å². The summed E-state index contributed by atoms with van der Waals surface area (Å²) in [4.78, 5) is 13.6. The summed E-state index contributed by atoms with van der Waals surface area (Å²) in [5.41, 5.74) is 1.05. The molecule has 0 aliphatic carbocycles. The number of para-hydroxylation sites is 1. The number of nitrogens with zero attached hydrogens (tertiary/aromatic N) is 4. The highest BCUT2D eigenvalue weighted by Gasteiger charge is 2.39. The predicted octanol–water partition coefficient (Wildman–Crippen LogP) is 2.22. The minimum absolute atomic E-state index is 0.783. The summed E-state index contributed by atoms with van der Waals surface area (Å²) in [5.74, 6) is 3.45. The average molecular weight is 295 g/mol. The Kier molecular flexibility index (Phi) is 3.42. The van der Waals surface area contributed by atoms with E-state index in [1.807, 2.05) is 30.3 Å². The van der Waals surface area contributed by atoms with Gasteiger partial charge in [-0.15, -0.1) is 0 Å². The van der Waals surface area contributed by atoms with E-state index in [4.69, 9.17) is 0 Å². The van der Waals surface area contributed by atoms with E-state index in [2.05, 4.69) is 38.2 Å². The van der Waals surface area contributed by atoms with E-state index in [1.54, 1.807) is 6.33 Å². The molecule has 114 valence electrons. The molecule has 0 saturated carbocycles. The molecule has 2 fully saturated rings. The van der Waals surface area contributed by atoms with Crippen molar-refractivity contribution >= 4 is 17.3 Å². The van der Waals surface area contributed by atoms with E-state index in [0.29, 0.717) is 0 Å². The van der Waals surface area contributed by atoms with Crippen LogP contribution in [-0.2, 0) is 0 Å². The van der Waals surface area contributed by atoms with Gasteiger partial charge in [0.25, 0.3) is 0 Å². The molecule has 2 atom stereocenters. The Morgan fingerprint density at radius 3 is 2.45 bits per heavy atom. The Bertz CT molecular complexity index is 631. The van der Waals surface area contributed by atoms with Gasteiger partial charge in [-0.1, -0.05) is 18.2 Å². The van der Waals surface area contributed by atoms with Gasteiger partial charge >= 0.3 is 0 Å². The highest BCUT2D eigenvalue weighted by atomic mass is 15.3. The Morgan fingerprint density at radius 1 is 1.00 bits per heavy atom. The molecule has 4 rings (SSSR count). The van der Waals surface area contributed by atoms with Crippen LogP contribution < -0.4 is 10.2 Å². The van der Waals surface area contributed by atoms with Crippen molar-refractivity contribution in [2.24, 2.45) is 11.8 Å². The summed E-state index contributed by atoms with van der Waals surface area (Å²) >= 11 is 0. The van der Waals surface area contributed by atoms with Crippen LogP contribution in [0.3, 0.4) is 0 Å². The average Bonchev–Trinajstić information content (AvgIpc) is 3.06. The normalized spacial score (nSPS) is 24.5. The van der Waals surface area contributed by atoms with Gasteiger partial charge in [-0.2, -0.15) is 0 Å². The molecule has 5 nitrogen and oxygen atoms in total. The van der Waals surface area contributed by atoms with Crippen molar-refractivity contribution in [2.75, 3.05) is 43.4 Å². The maximum Gasteiger partial charge on any atom is 0.135 e. The van der Waals surface area contributed by atoms with Gasteiger partial charge < -0.3 is 15.1 Å². The first-order chi connectivity index (χ1) is 10.8. The highest BCUT2D eigenvalue weighted by Crippen LogP contribution is 2.33. The third-order valence-electron chi connectivity index (χ3n) is 4.69. The van der Waals surface area contributed by atoms with E-state index in [9.17, 15) is 0 Å². The van der Waals surface area contributed by atoms with Gasteiger partial charge in [-0.3, -0.25) is 0 Å². The van der Waals surface area contributed by atoms with Gasteiger partial charge in [-0.25, -0.2) is 9.97 Å². The van der Waals surface area contributed by atoms with Gasteiger partial charge in [0, 0.05) is 37.9 Å². The lowest BCUT2D eigenvalue weighted by Crippen LogP contribution is -2.27. The number of likely N-dealkylation sites (tertiary alicyclic amines) is 1. The molecule has 0 radical (unpaired) electrons. The van der Waals surface area contributed by atoms with E-state index in [1.165, 1.54) is 13.1 Å². The third kappa shape index (κ3) is 2.64. The molecule has 5 heteroatoms. The maximum atomic E-state index is 4.47. The molecular weight excluding hydrogens is 274 g/mol. The summed E-state index contributed by atoms with van der Waals surface area (Å²) in [7, 11) is 2.22. The molecule has 0 unspecified atom stereocenters. The van der Waals surface area contributed by atoms with Crippen molar-refractivity contribution in [3.8, 4) is 0 Å². The fraction of sp³-hybridized carbons (Fsp3) is 0.412. The monoisotopic (exact) mass is 295 g/mol. The molecule has 1 aromatic heterocycles. The second-order valence-corrected chi connectivity index (χ2v) is 6.40. The minimum atomic E-state index is 0.783. The molecule has 2 aromatic rings. The number of hydrogen-bond acceptors (Lipinski definition) is 5. The standard InChI is InChI=1S/C17H21N5/c1-21-8-13-10-22(11-14(13)9-21)17-7-16(18-12-19-17)20-15-5-3-2-4-6-15/h2-7,12-14H,8-11H2,1H3,(H,18,19,20)/t13-,14+. The van der Waals surface area contributed by atoms with E-state index in [0.717, 1.165) is 42.2 Å². The number of aromatic nitrogens is 2. The fourth-order valence-electron chi connectivity index (χ4n) is 3.67. The molecule has 0 bridgehead atoms. The van der Waals surface area contributed by atoms with Gasteiger partial charge in [0.1, 0.15) is 18.0 Å². The molecule has 22 heavy (non-hydrogen) atoms. The van der Waals surface area contributed by atoms with Crippen molar-refractivity contribution in [1.82, 2.24) is 14.9 Å². The summed E-state index contributed by atoms with van der Waals surface area (Å²) in [6.07, 6.45) is 1.65. The van der Waals surface area contributed by atoms with Crippen LogP contribution >= 0.6 is 0 Å². The van der Waals surface area contributed by atoms with Crippen molar-refractivity contribution in [1.29, 1.82) is 0 Å². The number of nitrogens with one attached hydrogen (secondary N) is 1. The van der Waals surface area contributed by atoms with Crippen LogP contribution in [0.1, 0.15) is 0 Å². The van der Waals surface area contributed by atoms with E-state index < -0.39 is 0 Å². The summed E-state index contributed by atoms with van der Waals surface area (Å²) < 4.78 is 0. The molecule has 0 amide bonds. The lowest BCUT2D eigenvalue weighted by atomic mass is 10.0. The molecule has 1 N–H and O–H groups in total. The Balaban J connectivity index is 1.48. The molecule has 1 aromatic carbocycles. The van der Waals surface area contributed by atoms with Crippen molar-refractivity contribution in [2.45, 2.75) is 0 Å². The van der Waals surface area contributed by atoms with E-state index in [-0.39, 0.29) is 0 Å². The molecule has 0 spiro atoms. The lowest BCUT2D eigenvalue weighted by Gasteiger charge is -2.20. The zero-order valence-corrected chi connectivity index (χ0v) is 12.8. The largest absolute Gasteiger partial charge is 0.356 e. The maximum absolute atomic E-state index is 4.47. The second kappa shape index (κ2) is 5.57. The predicted molar refractivity (Wildman–Crippen MR) is 88.4 cm³/mol. The van der Waals surface area contributed by atoms with Crippen LogP contribution in [0.5, 0.6) is 0 Å². The molecule has 2 aliphatic rings. The zero-order valence-electron chi connectivity index (χ0n) is 12.8. The smallest absolute Gasteiger partial charge is 0.135 e. The van der Waals surface area contributed by atoms with Crippen LogP contribution in [0.15, 0.2) is 42.7 Å². The zero-order chi connectivity index (χ0) is 14.9. The first kappa shape index (κ1) is 13.5. The number of fused-ring (bicyclic) bond motifs is 1. The van der Waals surface area contributed by atoms with Gasteiger partial charge in [0.15, 0.2) is 0 Å². The first-order valence-electron chi connectivity index (χ1n) is 7.85. The first-order valence-corrected chi connectivity index (χ1v) is 7.85. The van der Waals surface area contributed by atoms with Crippen molar-refractivity contribution in [3.63, 3.8) is 0 Å². The van der Waals surface area contributed by atoms with Crippen LogP contribution in [0, 0.1) is 11.8 Å². The molecule has 3 heterocycles. The van der Waals surface area contributed by atoms with Crippen molar-refractivity contribution in [3.05, 3.63) is 42.7 Å². The van der Waals surface area contributed by atoms with Gasteiger partial charge in [0.05, 0.1) is 0 Å². The Labute approximate surface area is 131 Å². The quantitative estimate of drug-likeness (QED) is 0.940. The number of hydrogen-bond donors (Lipinski definition) is 1. The van der Waals surface area contributed by atoms with Crippen LogP contribution in [-0.4, -0.2) is 48.1 Å². The van der Waals surface area contributed by atoms with Crippen molar-refractivity contribution < 1.29 is 0 Å². The van der Waals surface area contributed by atoms with Gasteiger partial charge in [-0.05, 0) is 31.0 Å². The Hall–Kier alpha value is -2.14. The number of anilines is 3. The minimum Gasteiger partial charge on any atom is -0.356 e. The highest BCUT2D eigenvalue weighted by molar-refractivity contribution is 5.59. The Morgan fingerprint density at radius 2 is 1.73 bits per heavy atom. The summed E-state index contributed by atoms with van der Waals surface area (Å²) in [6, 6.07) is 12.2.